The van der Waals surface area contributed by atoms with Crippen LogP contribution in [0.5, 0.6) is 0 Å². The average molecular weight is 276 g/mol. The summed E-state index contributed by atoms with van der Waals surface area (Å²) < 4.78 is 0. The maximum atomic E-state index is 11.7. The van der Waals surface area contributed by atoms with Gasteiger partial charge in [0.15, 0.2) is 0 Å². The summed E-state index contributed by atoms with van der Waals surface area (Å²) in [6, 6.07) is 0.499. The second-order valence-electron chi connectivity index (χ2n) is 4.95. The van der Waals surface area contributed by atoms with E-state index in [0.717, 1.165) is 25.8 Å². The molecule has 18 heavy (non-hydrogen) atoms. The van der Waals surface area contributed by atoms with E-state index in [9.17, 15) is 9.59 Å². The van der Waals surface area contributed by atoms with Gasteiger partial charge < -0.3 is 15.5 Å². The molecule has 1 saturated carbocycles. The number of nitrogens with one attached hydrogen (secondary N) is 2. The Hall–Kier alpha value is -0.810. The maximum Gasteiger partial charge on any atom is 0.225 e. The SMILES string of the molecule is CNCCCC(=O)NC1CC(=O)N(C2CC2)C1.Cl. The highest BCUT2D eigenvalue weighted by Crippen LogP contribution is 2.30. The Morgan fingerprint density at radius 1 is 1.44 bits per heavy atom. The predicted octanol–water partition coefficient (Wildman–Crippen LogP) is 0.287. The van der Waals surface area contributed by atoms with Crippen molar-refractivity contribution in [2.24, 2.45) is 0 Å². The van der Waals surface area contributed by atoms with Gasteiger partial charge >= 0.3 is 0 Å². The minimum Gasteiger partial charge on any atom is -0.351 e. The summed E-state index contributed by atoms with van der Waals surface area (Å²) >= 11 is 0. The average Bonchev–Trinajstić information content (AvgIpc) is 3.05. The van der Waals surface area contributed by atoms with Gasteiger partial charge in [-0.2, -0.15) is 0 Å². The molecule has 0 aromatic carbocycles. The number of likely N-dealkylation sites (tertiary alicyclic amines) is 1. The predicted molar refractivity (Wildman–Crippen MR) is 71.7 cm³/mol. The van der Waals surface area contributed by atoms with Crippen LogP contribution in [0.1, 0.15) is 32.1 Å². The zero-order chi connectivity index (χ0) is 12.3. The summed E-state index contributed by atoms with van der Waals surface area (Å²) in [6.45, 7) is 1.56. The number of carbonyl (C=O) groups excluding carboxylic acids is 2. The number of nitrogens with zero attached hydrogens (tertiary/aromatic N) is 1. The van der Waals surface area contributed by atoms with Crippen molar-refractivity contribution in [3.63, 3.8) is 0 Å². The Morgan fingerprint density at radius 3 is 2.78 bits per heavy atom. The van der Waals surface area contributed by atoms with Crippen molar-refractivity contribution in [3.8, 4) is 0 Å². The molecule has 2 aliphatic rings. The molecular formula is C12H22ClN3O2. The van der Waals surface area contributed by atoms with Crippen LogP contribution in [0.25, 0.3) is 0 Å². The molecule has 0 aromatic heterocycles. The van der Waals surface area contributed by atoms with Gasteiger partial charge in [-0.3, -0.25) is 9.59 Å². The first-order valence-corrected chi connectivity index (χ1v) is 6.44. The summed E-state index contributed by atoms with van der Waals surface area (Å²) in [6.07, 6.45) is 4.13. The van der Waals surface area contributed by atoms with Crippen LogP contribution in [-0.4, -0.2) is 48.9 Å². The molecule has 2 fully saturated rings. The van der Waals surface area contributed by atoms with Crippen LogP contribution in [0.15, 0.2) is 0 Å². The highest BCUT2D eigenvalue weighted by atomic mass is 35.5. The lowest BCUT2D eigenvalue weighted by molar-refractivity contribution is -0.128. The third kappa shape index (κ3) is 4.14. The first kappa shape index (κ1) is 15.2. The van der Waals surface area contributed by atoms with E-state index in [0.29, 0.717) is 25.4 Å². The van der Waals surface area contributed by atoms with E-state index in [1.807, 2.05) is 11.9 Å². The molecule has 0 spiro atoms. The van der Waals surface area contributed by atoms with Crippen molar-refractivity contribution in [1.29, 1.82) is 0 Å². The second-order valence-corrected chi connectivity index (χ2v) is 4.95. The van der Waals surface area contributed by atoms with Crippen molar-refractivity contribution in [2.75, 3.05) is 20.1 Å². The molecule has 1 aliphatic carbocycles. The highest BCUT2D eigenvalue weighted by molar-refractivity contribution is 5.85. The number of carbonyl (C=O) groups is 2. The zero-order valence-corrected chi connectivity index (χ0v) is 11.6. The van der Waals surface area contributed by atoms with Gasteiger partial charge in [0.2, 0.25) is 11.8 Å². The summed E-state index contributed by atoms with van der Waals surface area (Å²) in [7, 11) is 1.88. The van der Waals surface area contributed by atoms with Gasteiger partial charge in [-0.15, -0.1) is 12.4 Å². The highest BCUT2D eigenvalue weighted by Gasteiger charge is 2.39. The fourth-order valence-electron chi connectivity index (χ4n) is 2.29. The van der Waals surface area contributed by atoms with Gasteiger partial charge in [-0.05, 0) is 32.9 Å². The molecule has 6 heteroatoms. The van der Waals surface area contributed by atoms with Crippen LogP contribution in [0, 0.1) is 0 Å². The summed E-state index contributed by atoms with van der Waals surface area (Å²) in [5.41, 5.74) is 0. The molecule has 2 N–H and O–H groups in total. The molecule has 1 saturated heterocycles. The van der Waals surface area contributed by atoms with Gasteiger partial charge in [0.1, 0.15) is 0 Å². The Kier molecular flexibility index (Phi) is 5.88. The van der Waals surface area contributed by atoms with Crippen LogP contribution in [-0.2, 0) is 9.59 Å². The Bertz CT molecular complexity index is 308. The van der Waals surface area contributed by atoms with E-state index < -0.39 is 0 Å². The first-order chi connectivity index (χ1) is 8.20. The van der Waals surface area contributed by atoms with Crippen LogP contribution in [0.4, 0.5) is 0 Å². The molecule has 2 rings (SSSR count). The van der Waals surface area contributed by atoms with E-state index in [4.69, 9.17) is 0 Å². The van der Waals surface area contributed by atoms with Crippen molar-refractivity contribution in [2.45, 2.75) is 44.2 Å². The fourth-order valence-corrected chi connectivity index (χ4v) is 2.29. The first-order valence-electron chi connectivity index (χ1n) is 6.44. The van der Waals surface area contributed by atoms with E-state index in [2.05, 4.69) is 10.6 Å². The van der Waals surface area contributed by atoms with Crippen molar-refractivity contribution in [3.05, 3.63) is 0 Å². The summed E-state index contributed by atoms with van der Waals surface area (Å²) in [5, 5.41) is 5.96. The number of halogens is 1. The number of hydrogen-bond acceptors (Lipinski definition) is 3. The lowest BCUT2D eigenvalue weighted by Gasteiger charge is -2.16. The van der Waals surface area contributed by atoms with E-state index in [1.54, 1.807) is 0 Å². The van der Waals surface area contributed by atoms with Gasteiger partial charge in [-0.1, -0.05) is 0 Å². The van der Waals surface area contributed by atoms with E-state index in [1.165, 1.54) is 0 Å². The van der Waals surface area contributed by atoms with Crippen molar-refractivity contribution in [1.82, 2.24) is 15.5 Å². The Labute approximate surface area is 114 Å². The van der Waals surface area contributed by atoms with Crippen LogP contribution in [0.2, 0.25) is 0 Å². The summed E-state index contributed by atoms with van der Waals surface area (Å²) in [5.74, 6) is 0.267. The van der Waals surface area contributed by atoms with Crippen molar-refractivity contribution >= 4 is 24.2 Å². The molecule has 2 amide bonds. The van der Waals surface area contributed by atoms with Crippen molar-refractivity contribution < 1.29 is 9.59 Å². The standard InChI is InChI=1S/C12H21N3O2.ClH/c1-13-6-2-3-11(16)14-9-7-12(17)15(8-9)10-4-5-10;/h9-10,13H,2-8H2,1H3,(H,14,16);1H. The quantitative estimate of drug-likeness (QED) is 0.685. The molecule has 0 radical (unpaired) electrons. The summed E-state index contributed by atoms with van der Waals surface area (Å²) in [4.78, 5) is 25.2. The van der Waals surface area contributed by atoms with Crippen LogP contribution >= 0.6 is 12.4 Å². The molecule has 1 heterocycles. The van der Waals surface area contributed by atoms with Crippen LogP contribution < -0.4 is 10.6 Å². The maximum absolute atomic E-state index is 11.7. The van der Waals surface area contributed by atoms with E-state index >= 15 is 0 Å². The molecule has 5 nitrogen and oxygen atoms in total. The molecule has 0 bridgehead atoms. The number of amides is 2. The molecule has 1 aliphatic heterocycles. The normalized spacial score (nSPS) is 22.8. The minimum absolute atomic E-state index is 0. The topological polar surface area (TPSA) is 61.4 Å². The number of hydrogen-bond donors (Lipinski definition) is 2. The lowest BCUT2D eigenvalue weighted by atomic mass is 10.2. The largest absolute Gasteiger partial charge is 0.351 e. The zero-order valence-electron chi connectivity index (χ0n) is 10.8. The minimum atomic E-state index is 0. The molecular weight excluding hydrogens is 254 g/mol. The van der Waals surface area contributed by atoms with Gasteiger partial charge in [-0.25, -0.2) is 0 Å². The molecule has 1 atom stereocenters. The lowest BCUT2D eigenvalue weighted by Crippen LogP contribution is -2.37. The molecule has 1 unspecified atom stereocenters. The molecule has 0 aromatic rings. The third-order valence-corrected chi connectivity index (χ3v) is 3.34. The van der Waals surface area contributed by atoms with Gasteiger partial charge in [0.25, 0.3) is 0 Å². The fraction of sp³-hybridized carbons (Fsp3) is 0.833. The Balaban J connectivity index is 0.00000162. The number of rotatable bonds is 6. The van der Waals surface area contributed by atoms with Gasteiger partial charge in [0.05, 0.1) is 6.04 Å². The smallest absolute Gasteiger partial charge is 0.225 e. The Morgan fingerprint density at radius 2 is 2.17 bits per heavy atom. The molecule has 104 valence electrons. The third-order valence-electron chi connectivity index (χ3n) is 3.34. The van der Waals surface area contributed by atoms with Crippen LogP contribution in [0.3, 0.4) is 0 Å². The van der Waals surface area contributed by atoms with Gasteiger partial charge in [0, 0.05) is 25.4 Å². The van der Waals surface area contributed by atoms with E-state index in [-0.39, 0.29) is 30.3 Å². The second kappa shape index (κ2) is 6.95. The monoisotopic (exact) mass is 275 g/mol.